The summed E-state index contributed by atoms with van der Waals surface area (Å²) in [7, 11) is 0. The second-order valence-electron chi connectivity index (χ2n) is 5.49. The first-order valence-corrected chi connectivity index (χ1v) is 8.55. The van der Waals surface area contributed by atoms with Gasteiger partial charge in [-0.2, -0.15) is 0 Å². The molecular weight excluding hydrogens is 423 g/mol. The average molecular weight is 446 g/mol. The fraction of sp³-hybridized carbons (Fsp3) is 0.438. The lowest BCUT2D eigenvalue weighted by Gasteiger charge is -2.36. The van der Waals surface area contributed by atoms with Gasteiger partial charge in [0, 0.05) is 12.3 Å². The quantitative estimate of drug-likeness (QED) is 0.395. The lowest BCUT2D eigenvalue weighted by molar-refractivity contribution is 0.0944. The molecule has 1 unspecified atom stereocenters. The van der Waals surface area contributed by atoms with E-state index in [9.17, 15) is 0 Å². The predicted molar refractivity (Wildman–Crippen MR) is 107 cm³/mol. The molecule has 2 aliphatic heterocycles. The fourth-order valence-electron chi connectivity index (χ4n) is 2.62. The van der Waals surface area contributed by atoms with Gasteiger partial charge in [0.25, 0.3) is 0 Å². The molecule has 2 fully saturated rings. The molecule has 2 saturated heterocycles. The number of aryl methyl sites for hydroxylation is 1. The number of thioether (sulfide) groups is 1. The number of guanidine groups is 1. The van der Waals surface area contributed by atoms with Crippen molar-refractivity contribution in [1.29, 1.82) is 0 Å². The number of hydrogen-bond donors (Lipinski definition) is 2. The highest BCUT2D eigenvalue weighted by Gasteiger charge is 2.29. The topological polar surface area (TPSA) is 62.9 Å². The van der Waals surface area contributed by atoms with Crippen LogP contribution in [0.3, 0.4) is 0 Å². The minimum absolute atomic E-state index is 0. The number of rotatable bonds is 1. The molecule has 3 rings (SSSR count). The Hall–Kier alpha value is -1.09. The zero-order valence-corrected chi connectivity index (χ0v) is 16.6. The number of halogens is 1. The summed E-state index contributed by atoms with van der Waals surface area (Å²) in [5.74, 6) is 2.61. The lowest BCUT2D eigenvalue weighted by atomic mass is 10.2. The van der Waals surface area contributed by atoms with E-state index in [0.717, 1.165) is 35.3 Å². The van der Waals surface area contributed by atoms with Gasteiger partial charge in [0.2, 0.25) is 0 Å². The van der Waals surface area contributed by atoms with Gasteiger partial charge in [0.1, 0.15) is 17.4 Å². The van der Waals surface area contributed by atoms with Crippen LogP contribution in [0.5, 0.6) is 0 Å². The molecule has 0 aromatic heterocycles. The minimum atomic E-state index is 0. The number of morpholine rings is 1. The van der Waals surface area contributed by atoms with Crippen LogP contribution >= 0.6 is 35.7 Å². The second-order valence-corrected chi connectivity index (χ2v) is 6.60. The van der Waals surface area contributed by atoms with Crippen LogP contribution in [0.25, 0.3) is 0 Å². The summed E-state index contributed by atoms with van der Waals surface area (Å²) >= 11 is 1.81. The van der Waals surface area contributed by atoms with Gasteiger partial charge in [-0.05, 0) is 26.0 Å². The standard InChI is InChI=1S/C16H22N4OS.HI/c1-11-3-5-13(6-4-11)19-16(17)20-8-9-21-14(12(20)2)15-18-7-10-22-15;/h3-6,12,18H,7-10H2,1-2H3,(H2,17,19);1H. The Balaban J connectivity index is 0.00000192. The molecule has 2 heterocycles. The van der Waals surface area contributed by atoms with Crippen molar-refractivity contribution in [2.45, 2.75) is 19.9 Å². The number of aliphatic imine (C=N–C) groups is 1. The van der Waals surface area contributed by atoms with E-state index in [1.807, 2.05) is 36.0 Å². The smallest absolute Gasteiger partial charge is 0.197 e. The largest absolute Gasteiger partial charge is 0.491 e. The SMILES string of the molecule is Cc1ccc(N=C(N)N2CCOC(=C3NCCS3)C2C)cc1.I. The van der Waals surface area contributed by atoms with Crippen molar-refractivity contribution in [3.63, 3.8) is 0 Å². The van der Waals surface area contributed by atoms with Gasteiger partial charge in [-0.25, -0.2) is 4.99 Å². The minimum Gasteiger partial charge on any atom is -0.491 e. The Labute approximate surface area is 158 Å². The molecule has 0 bridgehead atoms. The third-order valence-corrected chi connectivity index (χ3v) is 4.91. The number of nitrogens with one attached hydrogen (secondary N) is 1. The second kappa shape index (κ2) is 8.14. The summed E-state index contributed by atoms with van der Waals surface area (Å²) < 4.78 is 5.86. The summed E-state index contributed by atoms with van der Waals surface area (Å²) in [6.45, 7) is 6.55. The highest BCUT2D eigenvalue weighted by atomic mass is 127. The summed E-state index contributed by atoms with van der Waals surface area (Å²) in [6.07, 6.45) is 0. The predicted octanol–water partition coefficient (Wildman–Crippen LogP) is 2.79. The molecule has 0 saturated carbocycles. The summed E-state index contributed by atoms with van der Waals surface area (Å²) in [5, 5.41) is 4.52. The monoisotopic (exact) mass is 446 g/mol. The Morgan fingerprint density at radius 3 is 2.78 bits per heavy atom. The summed E-state index contributed by atoms with van der Waals surface area (Å²) in [6, 6.07) is 8.15. The third kappa shape index (κ3) is 4.26. The Morgan fingerprint density at radius 1 is 1.39 bits per heavy atom. The lowest BCUT2D eigenvalue weighted by Crippen LogP contribution is -2.49. The van der Waals surface area contributed by atoms with Crippen LogP contribution in [0.1, 0.15) is 12.5 Å². The van der Waals surface area contributed by atoms with Gasteiger partial charge in [-0.3, -0.25) is 0 Å². The number of nitrogens with zero attached hydrogens (tertiary/aromatic N) is 2. The molecule has 1 aromatic rings. The van der Waals surface area contributed by atoms with E-state index in [1.165, 1.54) is 5.56 Å². The van der Waals surface area contributed by atoms with E-state index in [4.69, 9.17) is 10.5 Å². The van der Waals surface area contributed by atoms with Crippen molar-refractivity contribution < 1.29 is 4.74 Å². The van der Waals surface area contributed by atoms with Gasteiger partial charge in [-0.1, -0.05) is 17.7 Å². The molecule has 7 heteroatoms. The Kier molecular flexibility index (Phi) is 6.46. The van der Waals surface area contributed by atoms with Crippen molar-refractivity contribution in [2.75, 3.05) is 25.4 Å². The molecular formula is C16H23IN4OS. The molecule has 0 radical (unpaired) electrons. The molecule has 0 spiro atoms. The highest BCUT2D eigenvalue weighted by Crippen LogP contribution is 2.28. The zero-order chi connectivity index (χ0) is 15.5. The van der Waals surface area contributed by atoms with Crippen LogP contribution in [0, 0.1) is 6.92 Å². The number of nitrogens with two attached hydrogens (primary N) is 1. The van der Waals surface area contributed by atoms with Crippen molar-refractivity contribution in [1.82, 2.24) is 10.2 Å². The van der Waals surface area contributed by atoms with Crippen LogP contribution in [-0.4, -0.2) is 42.4 Å². The first-order valence-electron chi connectivity index (χ1n) is 7.56. The number of benzene rings is 1. The molecule has 1 atom stereocenters. The van der Waals surface area contributed by atoms with Crippen molar-refractivity contribution >= 4 is 47.4 Å². The van der Waals surface area contributed by atoms with Gasteiger partial charge in [-0.15, -0.1) is 35.7 Å². The molecule has 1 aromatic carbocycles. The maximum Gasteiger partial charge on any atom is 0.197 e. The van der Waals surface area contributed by atoms with E-state index >= 15 is 0 Å². The van der Waals surface area contributed by atoms with E-state index in [0.29, 0.717) is 12.6 Å². The summed E-state index contributed by atoms with van der Waals surface area (Å²) in [4.78, 5) is 6.65. The van der Waals surface area contributed by atoms with Gasteiger partial charge < -0.3 is 20.7 Å². The maximum atomic E-state index is 6.24. The first-order chi connectivity index (χ1) is 10.6. The van der Waals surface area contributed by atoms with Gasteiger partial charge in [0.05, 0.1) is 18.3 Å². The van der Waals surface area contributed by atoms with E-state index < -0.39 is 0 Å². The van der Waals surface area contributed by atoms with Crippen molar-refractivity contribution in [2.24, 2.45) is 10.7 Å². The van der Waals surface area contributed by atoms with Crippen molar-refractivity contribution in [3.05, 3.63) is 40.6 Å². The Morgan fingerprint density at radius 2 is 2.13 bits per heavy atom. The fourth-order valence-corrected chi connectivity index (χ4v) is 3.60. The van der Waals surface area contributed by atoms with E-state index in [2.05, 4.69) is 29.1 Å². The first kappa shape index (κ1) is 18.3. The molecule has 126 valence electrons. The molecule has 23 heavy (non-hydrogen) atoms. The van der Waals surface area contributed by atoms with Crippen LogP contribution < -0.4 is 11.1 Å². The molecule has 5 nitrogen and oxygen atoms in total. The van der Waals surface area contributed by atoms with Crippen LogP contribution in [-0.2, 0) is 4.74 Å². The van der Waals surface area contributed by atoms with E-state index in [1.54, 1.807) is 0 Å². The number of ether oxygens (including phenoxy) is 1. The Bertz CT molecular complexity index is 595. The maximum absolute atomic E-state index is 6.24. The third-order valence-electron chi connectivity index (χ3n) is 3.87. The molecule has 0 amide bonds. The normalized spacial score (nSPS) is 24.7. The molecule has 0 aliphatic carbocycles. The van der Waals surface area contributed by atoms with Gasteiger partial charge >= 0.3 is 0 Å². The summed E-state index contributed by atoms with van der Waals surface area (Å²) in [5.41, 5.74) is 8.34. The van der Waals surface area contributed by atoms with Crippen molar-refractivity contribution in [3.8, 4) is 0 Å². The van der Waals surface area contributed by atoms with E-state index in [-0.39, 0.29) is 30.0 Å². The zero-order valence-electron chi connectivity index (χ0n) is 13.4. The highest BCUT2D eigenvalue weighted by molar-refractivity contribution is 14.0. The van der Waals surface area contributed by atoms with Crippen LogP contribution in [0.15, 0.2) is 40.0 Å². The average Bonchev–Trinajstić information content (AvgIpc) is 3.04. The van der Waals surface area contributed by atoms with Gasteiger partial charge in [0.15, 0.2) is 5.96 Å². The van der Waals surface area contributed by atoms with Crippen LogP contribution in [0.4, 0.5) is 5.69 Å². The number of hydrogen-bond acceptors (Lipinski definition) is 4. The molecule has 3 N–H and O–H groups in total. The molecule has 2 aliphatic rings. The van der Waals surface area contributed by atoms with Crippen LogP contribution in [0.2, 0.25) is 0 Å².